The third-order valence-electron chi connectivity index (χ3n) is 5.50. The van der Waals surface area contributed by atoms with Gasteiger partial charge in [-0.3, -0.25) is 4.90 Å². The summed E-state index contributed by atoms with van der Waals surface area (Å²) < 4.78 is 24.4. The Labute approximate surface area is 208 Å². The van der Waals surface area contributed by atoms with E-state index in [0.29, 0.717) is 37.9 Å². The molecule has 1 aromatic heterocycles. The SMILES string of the molecule is COCCN(Cc1c(C)nn(-c2ccccc2)c1Oc1ccc(OC)cc1)C[C@@H](O)COC(C)C. The third kappa shape index (κ3) is 7.80. The van der Waals surface area contributed by atoms with Crippen LogP contribution in [0.15, 0.2) is 54.6 Å². The highest BCUT2D eigenvalue weighted by Gasteiger charge is 2.23. The van der Waals surface area contributed by atoms with E-state index in [1.54, 1.807) is 14.2 Å². The van der Waals surface area contributed by atoms with Gasteiger partial charge in [-0.15, -0.1) is 0 Å². The number of aromatic nitrogens is 2. The zero-order valence-corrected chi connectivity index (χ0v) is 21.3. The van der Waals surface area contributed by atoms with Crippen LogP contribution in [-0.2, 0) is 16.0 Å². The molecule has 0 radical (unpaired) electrons. The Hall–Kier alpha value is -2.91. The molecule has 1 heterocycles. The number of methoxy groups -OCH3 is 2. The normalized spacial score (nSPS) is 12.3. The number of ether oxygens (including phenoxy) is 4. The fourth-order valence-electron chi connectivity index (χ4n) is 3.66. The van der Waals surface area contributed by atoms with Crippen LogP contribution >= 0.6 is 0 Å². The molecule has 1 N–H and O–H groups in total. The molecule has 8 heteroatoms. The molecule has 0 amide bonds. The van der Waals surface area contributed by atoms with Crippen molar-refractivity contribution in [2.24, 2.45) is 0 Å². The van der Waals surface area contributed by atoms with Gasteiger partial charge in [-0.1, -0.05) is 18.2 Å². The van der Waals surface area contributed by atoms with Crippen LogP contribution in [0, 0.1) is 6.92 Å². The van der Waals surface area contributed by atoms with Crippen molar-refractivity contribution in [3.05, 3.63) is 65.9 Å². The van der Waals surface area contributed by atoms with E-state index in [1.165, 1.54) is 0 Å². The van der Waals surface area contributed by atoms with E-state index in [-0.39, 0.29) is 12.7 Å². The first-order valence-corrected chi connectivity index (χ1v) is 11.9. The van der Waals surface area contributed by atoms with Crippen molar-refractivity contribution >= 4 is 0 Å². The minimum atomic E-state index is -0.621. The molecule has 35 heavy (non-hydrogen) atoms. The number of hydrogen-bond donors (Lipinski definition) is 1. The summed E-state index contributed by atoms with van der Waals surface area (Å²) in [6.45, 7) is 8.33. The van der Waals surface area contributed by atoms with Crippen LogP contribution < -0.4 is 9.47 Å². The smallest absolute Gasteiger partial charge is 0.227 e. The standard InChI is InChI=1S/C27H37N3O5/c1-20(2)34-19-23(31)17-29(15-16-32-4)18-26-21(3)28-30(22-9-7-6-8-10-22)27(26)35-25-13-11-24(33-5)12-14-25/h6-14,20,23,31H,15-19H2,1-5H3/t23-/m1/s1. The molecule has 0 spiro atoms. The second-order valence-corrected chi connectivity index (χ2v) is 8.66. The molecule has 0 unspecified atom stereocenters. The summed E-state index contributed by atoms with van der Waals surface area (Å²) in [4.78, 5) is 2.14. The van der Waals surface area contributed by atoms with Gasteiger partial charge in [0.15, 0.2) is 0 Å². The van der Waals surface area contributed by atoms with Crippen LogP contribution in [0.3, 0.4) is 0 Å². The Morgan fingerprint density at radius 1 is 1.00 bits per heavy atom. The van der Waals surface area contributed by atoms with Crippen molar-refractivity contribution in [3.63, 3.8) is 0 Å². The summed E-state index contributed by atoms with van der Waals surface area (Å²) in [6.07, 6.45) is -0.558. The van der Waals surface area contributed by atoms with Crippen molar-refractivity contribution in [2.75, 3.05) is 40.5 Å². The Bertz CT molecular complexity index is 1020. The number of rotatable bonds is 14. The van der Waals surface area contributed by atoms with E-state index < -0.39 is 6.10 Å². The van der Waals surface area contributed by atoms with E-state index >= 15 is 0 Å². The van der Waals surface area contributed by atoms with Crippen LogP contribution in [0.1, 0.15) is 25.1 Å². The van der Waals surface area contributed by atoms with Crippen LogP contribution in [0.2, 0.25) is 0 Å². The van der Waals surface area contributed by atoms with Crippen molar-refractivity contribution in [1.82, 2.24) is 14.7 Å². The highest BCUT2D eigenvalue weighted by molar-refractivity contribution is 5.44. The second-order valence-electron chi connectivity index (χ2n) is 8.66. The predicted octanol–water partition coefficient (Wildman–Crippen LogP) is 4.22. The van der Waals surface area contributed by atoms with Crippen molar-refractivity contribution < 1.29 is 24.1 Å². The quantitative estimate of drug-likeness (QED) is 0.368. The maximum Gasteiger partial charge on any atom is 0.227 e. The average molecular weight is 484 g/mol. The van der Waals surface area contributed by atoms with Gasteiger partial charge in [-0.25, -0.2) is 4.68 Å². The maximum atomic E-state index is 10.6. The number of nitrogens with zero attached hydrogens (tertiary/aromatic N) is 3. The highest BCUT2D eigenvalue weighted by atomic mass is 16.5. The van der Waals surface area contributed by atoms with Gasteiger partial charge in [0.05, 0.1) is 49.5 Å². The molecule has 3 rings (SSSR count). The molecule has 0 aliphatic carbocycles. The molecule has 0 saturated heterocycles. The van der Waals surface area contributed by atoms with E-state index in [2.05, 4.69) is 4.90 Å². The summed E-state index contributed by atoms with van der Waals surface area (Å²) in [6, 6.07) is 17.4. The molecule has 0 saturated carbocycles. The Balaban J connectivity index is 1.92. The van der Waals surface area contributed by atoms with Gasteiger partial charge in [0.1, 0.15) is 11.5 Å². The van der Waals surface area contributed by atoms with Crippen LogP contribution in [-0.4, -0.2) is 72.5 Å². The number of aryl methyl sites for hydroxylation is 1. The molecular weight excluding hydrogens is 446 g/mol. The Morgan fingerprint density at radius 2 is 1.69 bits per heavy atom. The van der Waals surface area contributed by atoms with Gasteiger partial charge in [-0.05, 0) is 57.2 Å². The second kappa shape index (κ2) is 13.3. The van der Waals surface area contributed by atoms with E-state index in [1.807, 2.05) is 80.1 Å². The summed E-state index contributed by atoms with van der Waals surface area (Å²) in [5, 5.41) is 15.4. The first-order chi connectivity index (χ1) is 16.9. The predicted molar refractivity (Wildman–Crippen MR) is 136 cm³/mol. The fraction of sp³-hybridized carbons (Fsp3) is 0.444. The summed E-state index contributed by atoms with van der Waals surface area (Å²) in [5.41, 5.74) is 2.70. The zero-order chi connectivity index (χ0) is 25.2. The van der Waals surface area contributed by atoms with Crippen molar-refractivity contribution in [1.29, 1.82) is 0 Å². The molecule has 190 valence electrons. The molecule has 2 aromatic carbocycles. The Kier molecular flexibility index (Phi) is 10.1. The molecule has 0 aliphatic heterocycles. The minimum Gasteiger partial charge on any atom is -0.497 e. The third-order valence-corrected chi connectivity index (χ3v) is 5.50. The fourth-order valence-corrected chi connectivity index (χ4v) is 3.66. The van der Waals surface area contributed by atoms with Crippen molar-refractivity contribution in [3.8, 4) is 23.1 Å². The number of aliphatic hydroxyl groups excluding tert-OH is 1. The summed E-state index contributed by atoms with van der Waals surface area (Å²) in [7, 11) is 3.31. The number of para-hydroxylation sites is 1. The maximum absolute atomic E-state index is 10.6. The largest absolute Gasteiger partial charge is 0.497 e. The van der Waals surface area contributed by atoms with Gasteiger partial charge in [0, 0.05) is 26.7 Å². The zero-order valence-electron chi connectivity index (χ0n) is 21.3. The van der Waals surface area contributed by atoms with Gasteiger partial charge < -0.3 is 24.1 Å². The first kappa shape index (κ1) is 26.7. The average Bonchev–Trinajstić information content (AvgIpc) is 3.16. The number of hydrogen-bond acceptors (Lipinski definition) is 7. The molecule has 0 aliphatic rings. The van der Waals surface area contributed by atoms with E-state index in [9.17, 15) is 5.11 Å². The molecule has 0 fully saturated rings. The molecule has 1 atom stereocenters. The number of benzene rings is 2. The lowest BCUT2D eigenvalue weighted by atomic mass is 10.2. The molecule has 0 bridgehead atoms. The van der Waals surface area contributed by atoms with Crippen LogP contribution in [0.5, 0.6) is 17.4 Å². The van der Waals surface area contributed by atoms with Gasteiger partial charge in [-0.2, -0.15) is 5.10 Å². The molecular formula is C27H37N3O5. The van der Waals surface area contributed by atoms with Gasteiger partial charge >= 0.3 is 0 Å². The lowest BCUT2D eigenvalue weighted by molar-refractivity contribution is -0.0122. The molecule has 3 aromatic rings. The van der Waals surface area contributed by atoms with Gasteiger partial charge in [0.25, 0.3) is 0 Å². The Morgan fingerprint density at radius 3 is 2.31 bits per heavy atom. The summed E-state index contributed by atoms with van der Waals surface area (Å²) >= 11 is 0. The van der Waals surface area contributed by atoms with E-state index in [4.69, 9.17) is 24.0 Å². The topological polar surface area (TPSA) is 78.2 Å². The van der Waals surface area contributed by atoms with Crippen LogP contribution in [0.25, 0.3) is 5.69 Å². The van der Waals surface area contributed by atoms with E-state index in [0.717, 1.165) is 22.7 Å². The van der Waals surface area contributed by atoms with Gasteiger partial charge in [0.2, 0.25) is 5.88 Å². The molecule has 8 nitrogen and oxygen atoms in total. The monoisotopic (exact) mass is 483 g/mol. The van der Waals surface area contributed by atoms with Crippen molar-refractivity contribution in [2.45, 2.75) is 39.5 Å². The lowest BCUT2D eigenvalue weighted by Gasteiger charge is -2.25. The minimum absolute atomic E-state index is 0.0629. The first-order valence-electron chi connectivity index (χ1n) is 11.9. The highest BCUT2D eigenvalue weighted by Crippen LogP contribution is 2.32. The lowest BCUT2D eigenvalue weighted by Crippen LogP contribution is -2.37. The summed E-state index contributed by atoms with van der Waals surface area (Å²) in [5.74, 6) is 2.07. The number of aliphatic hydroxyl groups is 1. The van der Waals surface area contributed by atoms with Crippen LogP contribution in [0.4, 0.5) is 0 Å².